The molecule has 0 saturated heterocycles. The van der Waals surface area contributed by atoms with E-state index in [0.717, 1.165) is 15.9 Å². The Morgan fingerprint density at radius 1 is 1.17 bits per heavy atom. The van der Waals surface area contributed by atoms with Gasteiger partial charge in [-0.05, 0) is 18.2 Å². The molecule has 0 aliphatic rings. The summed E-state index contributed by atoms with van der Waals surface area (Å²) in [6, 6.07) is 7.81. The summed E-state index contributed by atoms with van der Waals surface area (Å²) in [4.78, 5) is 12.3. The molecular weight excluding hydrogens is 246 g/mol. The van der Waals surface area contributed by atoms with Gasteiger partial charge in [-0.1, -0.05) is 0 Å². The van der Waals surface area contributed by atoms with E-state index in [1.54, 1.807) is 23.0 Å². The number of nitrogens with zero attached hydrogens (tertiary/aromatic N) is 4. The fourth-order valence-corrected chi connectivity index (χ4v) is 2.30. The maximum absolute atomic E-state index is 8.93. The first-order valence-corrected chi connectivity index (χ1v) is 6.06. The van der Waals surface area contributed by atoms with Gasteiger partial charge in [-0.2, -0.15) is 5.26 Å². The van der Waals surface area contributed by atoms with E-state index >= 15 is 0 Å². The van der Waals surface area contributed by atoms with E-state index in [2.05, 4.69) is 20.3 Å². The van der Waals surface area contributed by atoms with Gasteiger partial charge in [-0.15, -0.1) is 11.3 Å². The number of rotatable bonds is 2. The van der Waals surface area contributed by atoms with Crippen LogP contribution in [0.1, 0.15) is 5.69 Å². The lowest BCUT2D eigenvalue weighted by molar-refractivity contribution is 1.16. The van der Waals surface area contributed by atoms with Crippen molar-refractivity contribution < 1.29 is 0 Å². The van der Waals surface area contributed by atoms with Crippen LogP contribution in [0.4, 0.5) is 11.5 Å². The van der Waals surface area contributed by atoms with Crippen LogP contribution in [0.5, 0.6) is 0 Å². The molecule has 18 heavy (non-hydrogen) atoms. The van der Waals surface area contributed by atoms with Crippen molar-refractivity contribution >= 4 is 33.1 Å². The fraction of sp³-hybridized carbons (Fsp3) is 0. The number of hydrogen-bond acceptors (Lipinski definition) is 6. The van der Waals surface area contributed by atoms with Gasteiger partial charge in [0, 0.05) is 18.1 Å². The molecule has 2 aromatic heterocycles. The largest absolute Gasteiger partial charge is 0.338 e. The first kappa shape index (κ1) is 10.6. The van der Waals surface area contributed by atoms with E-state index in [9.17, 15) is 0 Å². The van der Waals surface area contributed by atoms with Crippen LogP contribution in [0.25, 0.3) is 10.2 Å². The minimum atomic E-state index is 0.280. The summed E-state index contributed by atoms with van der Waals surface area (Å²) in [7, 11) is 0. The summed E-state index contributed by atoms with van der Waals surface area (Å²) in [5.41, 5.74) is 3.91. The number of benzene rings is 1. The maximum atomic E-state index is 8.93. The van der Waals surface area contributed by atoms with Crippen molar-refractivity contribution in [2.75, 3.05) is 5.32 Å². The maximum Gasteiger partial charge on any atom is 0.183 e. The summed E-state index contributed by atoms with van der Waals surface area (Å²) in [6.07, 6.45) is 3.05. The molecule has 6 heteroatoms. The molecule has 0 aliphatic heterocycles. The van der Waals surface area contributed by atoms with Crippen LogP contribution in [0.15, 0.2) is 36.1 Å². The van der Waals surface area contributed by atoms with Gasteiger partial charge in [0.05, 0.1) is 15.7 Å². The van der Waals surface area contributed by atoms with E-state index in [-0.39, 0.29) is 5.69 Å². The first-order chi connectivity index (χ1) is 8.86. The quantitative estimate of drug-likeness (QED) is 0.760. The summed E-state index contributed by atoms with van der Waals surface area (Å²) < 4.78 is 1.09. The summed E-state index contributed by atoms with van der Waals surface area (Å²) in [6.45, 7) is 0. The predicted molar refractivity (Wildman–Crippen MR) is 69.6 cm³/mol. The predicted octanol–water partition coefficient (Wildman–Crippen LogP) is 2.70. The van der Waals surface area contributed by atoms with Crippen molar-refractivity contribution in [3.05, 3.63) is 41.8 Å². The zero-order valence-electron chi connectivity index (χ0n) is 9.16. The van der Waals surface area contributed by atoms with E-state index in [0.29, 0.717) is 5.82 Å². The molecule has 3 rings (SSSR count). The monoisotopic (exact) mass is 253 g/mol. The molecule has 0 aliphatic carbocycles. The van der Waals surface area contributed by atoms with Gasteiger partial charge in [-0.3, -0.25) is 0 Å². The number of aromatic nitrogens is 3. The molecule has 3 aromatic rings. The average molecular weight is 253 g/mol. The smallest absolute Gasteiger partial charge is 0.183 e. The SMILES string of the molecule is N#Cc1nccnc1Nc1ccc2ncsc2c1. The Balaban J connectivity index is 1.98. The van der Waals surface area contributed by atoms with Crippen LogP contribution < -0.4 is 5.32 Å². The molecule has 5 nitrogen and oxygen atoms in total. The minimum absolute atomic E-state index is 0.280. The number of anilines is 2. The Kier molecular flexibility index (Phi) is 2.59. The summed E-state index contributed by atoms with van der Waals surface area (Å²) >= 11 is 1.57. The fourth-order valence-electron chi connectivity index (χ4n) is 1.58. The highest BCUT2D eigenvalue weighted by atomic mass is 32.1. The van der Waals surface area contributed by atoms with Crippen LogP contribution in [0, 0.1) is 11.3 Å². The molecule has 0 radical (unpaired) electrons. The molecule has 0 atom stereocenters. The summed E-state index contributed by atoms with van der Waals surface area (Å²) in [5.74, 6) is 0.462. The first-order valence-electron chi connectivity index (χ1n) is 5.18. The van der Waals surface area contributed by atoms with Gasteiger partial charge in [0.25, 0.3) is 0 Å². The second-order valence-electron chi connectivity index (χ2n) is 3.53. The molecule has 0 unspecified atom stereocenters. The Bertz CT molecular complexity index is 743. The Hall–Kier alpha value is -2.52. The molecule has 0 amide bonds. The molecule has 0 bridgehead atoms. The molecule has 1 N–H and O–H groups in total. The van der Waals surface area contributed by atoms with Crippen molar-refractivity contribution in [2.45, 2.75) is 0 Å². The van der Waals surface area contributed by atoms with Gasteiger partial charge < -0.3 is 5.32 Å². The lowest BCUT2D eigenvalue weighted by Crippen LogP contribution is -1.98. The Morgan fingerprint density at radius 2 is 2.06 bits per heavy atom. The highest BCUT2D eigenvalue weighted by molar-refractivity contribution is 7.16. The molecule has 0 spiro atoms. The van der Waals surface area contributed by atoms with Crippen LogP contribution >= 0.6 is 11.3 Å². The number of nitrogens with one attached hydrogen (secondary N) is 1. The van der Waals surface area contributed by atoms with Crippen molar-refractivity contribution in [3.8, 4) is 6.07 Å². The highest BCUT2D eigenvalue weighted by Crippen LogP contribution is 2.24. The lowest BCUT2D eigenvalue weighted by atomic mass is 10.3. The Labute approximate surface area is 107 Å². The van der Waals surface area contributed by atoms with Gasteiger partial charge in [0.1, 0.15) is 6.07 Å². The summed E-state index contributed by atoms with van der Waals surface area (Å²) in [5, 5.41) is 12.0. The van der Waals surface area contributed by atoms with Crippen molar-refractivity contribution in [2.24, 2.45) is 0 Å². The molecule has 2 heterocycles. The number of hydrogen-bond donors (Lipinski definition) is 1. The van der Waals surface area contributed by atoms with Crippen molar-refractivity contribution in [1.82, 2.24) is 15.0 Å². The van der Waals surface area contributed by atoms with E-state index in [1.807, 2.05) is 24.3 Å². The van der Waals surface area contributed by atoms with Gasteiger partial charge in [0.15, 0.2) is 11.5 Å². The van der Waals surface area contributed by atoms with Crippen LogP contribution in [-0.4, -0.2) is 15.0 Å². The number of thiazole rings is 1. The second-order valence-corrected chi connectivity index (χ2v) is 4.41. The van der Waals surface area contributed by atoms with Crippen LogP contribution in [0.2, 0.25) is 0 Å². The van der Waals surface area contributed by atoms with E-state index in [4.69, 9.17) is 5.26 Å². The number of fused-ring (bicyclic) bond motifs is 1. The third-order valence-corrected chi connectivity index (χ3v) is 3.19. The molecule has 0 saturated carbocycles. The van der Waals surface area contributed by atoms with Crippen molar-refractivity contribution in [3.63, 3.8) is 0 Å². The van der Waals surface area contributed by atoms with Gasteiger partial charge in [-0.25, -0.2) is 15.0 Å². The minimum Gasteiger partial charge on any atom is -0.338 e. The van der Waals surface area contributed by atoms with Crippen LogP contribution in [0.3, 0.4) is 0 Å². The topological polar surface area (TPSA) is 74.5 Å². The molecule has 0 fully saturated rings. The number of nitriles is 1. The van der Waals surface area contributed by atoms with Crippen molar-refractivity contribution in [1.29, 1.82) is 5.26 Å². The second kappa shape index (κ2) is 4.39. The zero-order chi connectivity index (χ0) is 12.4. The average Bonchev–Trinajstić information content (AvgIpc) is 2.87. The standard InChI is InChI=1S/C12H7N5S/c13-6-10-12(15-4-3-14-10)17-8-1-2-9-11(5-8)18-7-16-9/h1-5,7H,(H,15,17). The van der Waals surface area contributed by atoms with E-state index < -0.39 is 0 Å². The van der Waals surface area contributed by atoms with Gasteiger partial charge >= 0.3 is 0 Å². The van der Waals surface area contributed by atoms with Crippen LogP contribution in [-0.2, 0) is 0 Å². The Morgan fingerprint density at radius 3 is 2.94 bits per heavy atom. The van der Waals surface area contributed by atoms with Gasteiger partial charge in [0.2, 0.25) is 0 Å². The lowest BCUT2D eigenvalue weighted by Gasteiger charge is -2.05. The normalized spacial score (nSPS) is 10.2. The third kappa shape index (κ3) is 1.87. The van der Waals surface area contributed by atoms with E-state index in [1.165, 1.54) is 6.20 Å². The highest BCUT2D eigenvalue weighted by Gasteiger charge is 2.05. The molecular formula is C12H7N5S. The molecule has 1 aromatic carbocycles. The zero-order valence-corrected chi connectivity index (χ0v) is 9.98. The third-order valence-electron chi connectivity index (χ3n) is 2.40. The molecule has 86 valence electrons.